The second kappa shape index (κ2) is 5.34. The molecule has 0 amide bonds. The van der Waals surface area contributed by atoms with E-state index in [0.717, 1.165) is 11.4 Å². The molecule has 1 aliphatic heterocycles. The summed E-state index contributed by atoms with van der Waals surface area (Å²) in [6.45, 7) is 3.75. The van der Waals surface area contributed by atoms with Crippen molar-refractivity contribution in [2.45, 2.75) is 13.5 Å². The molecule has 106 valence electrons. The van der Waals surface area contributed by atoms with Gasteiger partial charge in [0.15, 0.2) is 0 Å². The van der Waals surface area contributed by atoms with Gasteiger partial charge in [0.1, 0.15) is 0 Å². The summed E-state index contributed by atoms with van der Waals surface area (Å²) in [7, 11) is 0. The minimum absolute atomic E-state index is 0.146. The Labute approximate surface area is 120 Å². The van der Waals surface area contributed by atoms with Gasteiger partial charge in [-0.25, -0.2) is 0 Å². The molecule has 0 bridgehead atoms. The fraction of sp³-hybridized carbons (Fsp3) is 0.462. The zero-order chi connectivity index (χ0) is 14.1. The SMILES string of the molecule is CC1CN(Cc2nc(-c3cccs3)no2)CC1C(=O)O. The summed E-state index contributed by atoms with van der Waals surface area (Å²) in [5.41, 5.74) is 0. The summed E-state index contributed by atoms with van der Waals surface area (Å²) in [5, 5.41) is 15.0. The number of aromatic nitrogens is 2. The Hall–Kier alpha value is -1.73. The standard InChI is InChI=1S/C13H15N3O3S/c1-8-5-16(6-9(8)13(17)18)7-11-14-12(15-19-11)10-3-2-4-20-10/h2-4,8-9H,5-7H2,1H3,(H,17,18). The van der Waals surface area contributed by atoms with E-state index in [4.69, 9.17) is 9.63 Å². The highest BCUT2D eigenvalue weighted by Crippen LogP contribution is 2.25. The average Bonchev–Trinajstić information content (AvgIpc) is 3.09. The Balaban J connectivity index is 1.66. The minimum atomic E-state index is -0.732. The molecule has 0 aliphatic carbocycles. The summed E-state index contributed by atoms with van der Waals surface area (Å²) in [5.74, 6) is 0.232. The molecule has 1 aliphatic rings. The Morgan fingerprint density at radius 2 is 2.45 bits per heavy atom. The molecular weight excluding hydrogens is 278 g/mol. The van der Waals surface area contributed by atoms with Gasteiger partial charge in [-0.1, -0.05) is 18.1 Å². The van der Waals surface area contributed by atoms with Crippen molar-refractivity contribution in [2.75, 3.05) is 13.1 Å². The van der Waals surface area contributed by atoms with Crippen molar-refractivity contribution >= 4 is 17.3 Å². The number of carbonyl (C=O) groups is 1. The smallest absolute Gasteiger partial charge is 0.308 e. The van der Waals surface area contributed by atoms with Gasteiger partial charge < -0.3 is 9.63 Å². The number of carboxylic acid groups (broad SMARTS) is 1. The van der Waals surface area contributed by atoms with Crippen LogP contribution in [-0.2, 0) is 11.3 Å². The molecule has 2 unspecified atom stereocenters. The number of hydrogen-bond donors (Lipinski definition) is 1. The zero-order valence-electron chi connectivity index (χ0n) is 11.0. The highest BCUT2D eigenvalue weighted by molar-refractivity contribution is 7.13. The molecule has 0 radical (unpaired) electrons. The Morgan fingerprint density at radius 3 is 3.10 bits per heavy atom. The van der Waals surface area contributed by atoms with Gasteiger partial charge in [0.05, 0.1) is 17.3 Å². The summed E-state index contributed by atoms with van der Waals surface area (Å²) in [6, 6.07) is 3.88. The number of hydrogen-bond acceptors (Lipinski definition) is 6. The first kappa shape index (κ1) is 13.3. The van der Waals surface area contributed by atoms with Crippen LogP contribution in [-0.4, -0.2) is 39.2 Å². The van der Waals surface area contributed by atoms with Crippen LogP contribution in [0.3, 0.4) is 0 Å². The summed E-state index contributed by atoms with van der Waals surface area (Å²) in [4.78, 5) is 18.5. The van der Waals surface area contributed by atoms with E-state index in [2.05, 4.69) is 15.0 Å². The maximum absolute atomic E-state index is 11.1. The van der Waals surface area contributed by atoms with Crippen molar-refractivity contribution in [1.82, 2.24) is 15.0 Å². The largest absolute Gasteiger partial charge is 0.481 e. The molecule has 0 spiro atoms. The molecule has 0 saturated carbocycles. The van der Waals surface area contributed by atoms with E-state index in [-0.39, 0.29) is 11.8 Å². The molecule has 1 N–H and O–H groups in total. The van der Waals surface area contributed by atoms with Crippen LogP contribution in [0.5, 0.6) is 0 Å². The van der Waals surface area contributed by atoms with Crippen LogP contribution in [0.15, 0.2) is 22.0 Å². The third kappa shape index (κ3) is 2.59. The van der Waals surface area contributed by atoms with Crippen molar-refractivity contribution in [3.63, 3.8) is 0 Å². The lowest BCUT2D eigenvalue weighted by atomic mass is 9.99. The number of carboxylic acids is 1. The number of likely N-dealkylation sites (tertiary alicyclic amines) is 1. The second-order valence-electron chi connectivity index (χ2n) is 5.11. The average molecular weight is 293 g/mol. The maximum atomic E-state index is 11.1. The predicted molar refractivity (Wildman–Crippen MR) is 73.2 cm³/mol. The number of rotatable bonds is 4. The molecule has 6 nitrogen and oxygen atoms in total. The molecule has 7 heteroatoms. The maximum Gasteiger partial charge on any atom is 0.308 e. The van der Waals surface area contributed by atoms with E-state index in [1.165, 1.54) is 0 Å². The molecule has 1 saturated heterocycles. The lowest BCUT2D eigenvalue weighted by molar-refractivity contribution is -0.142. The van der Waals surface area contributed by atoms with E-state index in [9.17, 15) is 4.79 Å². The van der Waals surface area contributed by atoms with Crippen molar-refractivity contribution in [1.29, 1.82) is 0 Å². The van der Waals surface area contributed by atoms with Gasteiger partial charge in [-0.2, -0.15) is 4.98 Å². The molecule has 20 heavy (non-hydrogen) atoms. The number of thiophene rings is 1. The number of aliphatic carboxylic acids is 1. The lowest BCUT2D eigenvalue weighted by Gasteiger charge is -2.11. The highest BCUT2D eigenvalue weighted by Gasteiger charge is 2.35. The fourth-order valence-electron chi connectivity index (χ4n) is 2.53. The first-order chi connectivity index (χ1) is 9.63. The second-order valence-corrected chi connectivity index (χ2v) is 6.05. The third-order valence-electron chi connectivity index (χ3n) is 3.57. The topological polar surface area (TPSA) is 79.5 Å². The monoisotopic (exact) mass is 293 g/mol. The lowest BCUT2D eigenvalue weighted by Crippen LogP contribution is -2.23. The normalized spacial score (nSPS) is 23.2. The van der Waals surface area contributed by atoms with Crippen LogP contribution in [0.2, 0.25) is 0 Å². The van der Waals surface area contributed by atoms with Gasteiger partial charge >= 0.3 is 5.97 Å². The van der Waals surface area contributed by atoms with Gasteiger partial charge in [0, 0.05) is 13.1 Å². The minimum Gasteiger partial charge on any atom is -0.481 e. The van der Waals surface area contributed by atoms with Crippen molar-refractivity contribution in [3.05, 3.63) is 23.4 Å². The zero-order valence-corrected chi connectivity index (χ0v) is 11.8. The van der Waals surface area contributed by atoms with E-state index in [1.54, 1.807) is 11.3 Å². The Kier molecular flexibility index (Phi) is 3.54. The van der Waals surface area contributed by atoms with Crippen LogP contribution in [0.4, 0.5) is 0 Å². The third-order valence-corrected chi connectivity index (χ3v) is 4.44. The predicted octanol–water partition coefficient (Wildman–Crippen LogP) is 1.95. The van der Waals surface area contributed by atoms with Crippen LogP contribution in [0.1, 0.15) is 12.8 Å². The van der Waals surface area contributed by atoms with E-state index >= 15 is 0 Å². The molecule has 0 aromatic carbocycles. The number of nitrogens with zero attached hydrogens (tertiary/aromatic N) is 3. The first-order valence-corrected chi connectivity index (χ1v) is 7.33. The van der Waals surface area contributed by atoms with E-state index in [0.29, 0.717) is 24.8 Å². The van der Waals surface area contributed by atoms with Crippen LogP contribution in [0.25, 0.3) is 10.7 Å². The van der Waals surface area contributed by atoms with Crippen molar-refractivity contribution in [3.8, 4) is 10.7 Å². The molecule has 3 heterocycles. The van der Waals surface area contributed by atoms with Crippen molar-refractivity contribution < 1.29 is 14.4 Å². The van der Waals surface area contributed by atoms with Gasteiger partial charge in [-0.05, 0) is 17.4 Å². The molecule has 2 aromatic rings. The summed E-state index contributed by atoms with van der Waals surface area (Å²) >= 11 is 1.56. The fourth-order valence-corrected chi connectivity index (χ4v) is 3.18. The van der Waals surface area contributed by atoms with Crippen LogP contribution < -0.4 is 0 Å². The van der Waals surface area contributed by atoms with Gasteiger partial charge in [-0.15, -0.1) is 11.3 Å². The van der Waals surface area contributed by atoms with E-state index < -0.39 is 5.97 Å². The summed E-state index contributed by atoms with van der Waals surface area (Å²) in [6.07, 6.45) is 0. The Bertz CT molecular complexity index is 596. The molecule has 2 atom stereocenters. The van der Waals surface area contributed by atoms with Crippen LogP contribution in [0, 0.1) is 11.8 Å². The molecular formula is C13H15N3O3S. The first-order valence-electron chi connectivity index (χ1n) is 6.45. The van der Waals surface area contributed by atoms with E-state index in [1.807, 2.05) is 24.4 Å². The molecule has 3 rings (SSSR count). The van der Waals surface area contributed by atoms with Crippen molar-refractivity contribution in [2.24, 2.45) is 11.8 Å². The van der Waals surface area contributed by atoms with Gasteiger partial charge in [0.2, 0.25) is 11.7 Å². The van der Waals surface area contributed by atoms with Gasteiger partial charge in [-0.3, -0.25) is 9.69 Å². The highest BCUT2D eigenvalue weighted by atomic mass is 32.1. The molecule has 1 fully saturated rings. The van der Waals surface area contributed by atoms with Gasteiger partial charge in [0.25, 0.3) is 0 Å². The molecule has 2 aromatic heterocycles. The quantitative estimate of drug-likeness (QED) is 0.928. The van der Waals surface area contributed by atoms with Crippen LogP contribution >= 0.6 is 11.3 Å². The Morgan fingerprint density at radius 1 is 1.60 bits per heavy atom. The summed E-state index contributed by atoms with van der Waals surface area (Å²) < 4.78 is 5.24.